The van der Waals surface area contributed by atoms with Gasteiger partial charge in [-0.25, -0.2) is 4.98 Å². The lowest BCUT2D eigenvalue weighted by molar-refractivity contribution is 0.198. The van der Waals surface area contributed by atoms with Crippen molar-refractivity contribution in [3.63, 3.8) is 0 Å². The molecule has 0 bridgehead atoms. The molecule has 0 aliphatic rings. The number of hydrogen-bond acceptors (Lipinski definition) is 4. The van der Waals surface area contributed by atoms with E-state index in [2.05, 4.69) is 11.9 Å². The summed E-state index contributed by atoms with van der Waals surface area (Å²) >= 11 is 1.64. The van der Waals surface area contributed by atoms with E-state index in [-0.39, 0.29) is 6.61 Å². The Morgan fingerprint density at radius 3 is 2.60 bits per heavy atom. The van der Waals surface area contributed by atoms with Crippen LogP contribution in [0.2, 0.25) is 0 Å². The minimum atomic E-state index is -0.466. The van der Waals surface area contributed by atoms with E-state index in [1.165, 1.54) is 0 Å². The lowest BCUT2D eigenvalue weighted by atomic mass is 10.2. The fraction of sp³-hybridized carbons (Fsp3) is 0.545. The van der Waals surface area contributed by atoms with Gasteiger partial charge in [-0.1, -0.05) is 13.0 Å². The fourth-order valence-electron chi connectivity index (χ4n) is 1.16. The molecular weight excluding hydrogens is 210 g/mol. The molecule has 0 aliphatic heterocycles. The van der Waals surface area contributed by atoms with Gasteiger partial charge in [0.1, 0.15) is 0 Å². The van der Waals surface area contributed by atoms with Gasteiger partial charge in [0.15, 0.2) is 0 Å². The first-order chi connectivity index (χ1) is 7.13. The molecule has 4 heteroatoms. The predicted octanol–water partition coefficient (Wildman–Crippen LogP) is 2.00. The van der Waals surface area contributed by atoms with E-state index in [0.717, 1.165) is 17.0 Å². The van der Waals surface area contributed by atoms with Gasteiger partial charge in [0.25, 0.3) is 0 Å². The number of rotatable bonds is 5. The first-order valence-corrected chi connectivity index (χ1v) is 5.93. The molecule has 15 heavy (non-hydrogen) atoms. The monoisotopic (exact) mass is 227 g/mol. The Kier molecular flexibility index (Phi) is 5.08. The van der Waals surface area contributed by atoms with Crippen LogP contribution in [-0.4, -0.2) is 27.1 Å². The van der Waals surface area contributed by atoms with Crippen molar-refractivity contribution in [2.24, 2.45) is 0 Å². The maximum Gasteiger partial charge on any atom is 0.0962 e. The summed E-state index contributed by atoms with van der Waals surface area (Å²) in [7, 11) is 0. The van der Waals surface area contributed by atoms with Crippen LogP contribution in [0.3, 0.4) is 0 Å². The zero-order valence-corrected chi connectivity index (χ0v) is 9.87. The maximum absolute atomic E-state index is 9.30. The van der Waals surface area contributed by atoms with Gasteiger partial charge in [-0.2, -0.15) is 0 Å². The van der Waals surface area contributed by atoms with Crippen LogP contribution in [0.25, 0.3) is 0 Å². The predicted molar refractivity (Wildman–Crippen MR) is 61.9 cm³/mol. The molecule has 1 aromatic heterocycles. The van der Waals surface area contributed by atoms with Crippen LogP contribution in [0.4, 0.5) is 0 Å². The molecule has 1 heterocycles. The van der Waals surface area contributed by atoms with Crippen molar-refractivity contribution < 1.29 is 10.2 Å². The zero-order valence-electron chi connectivity index (χ0n) is 9.05. The lowest BCUT2D eigenvalue weighted by Crippen LogP contribution is -2.00. The van der Waals surface area contributed by atoms with E-state index < -0.39 is 6.10 Å². The average molecular weight is 227 g/mol. The molecule has 3 nitrogen and oxygen atoms in total. The quantitative estimate of drug-likeness (QED) is 0.755. The first-order valence-electron chi connectivity index (χ1n) is 5.05. The topological polar surface area (TPSA) is 53.4 Å². The highest BCUT2D eigenvalue weighted by Crippen LogP contribution is 2.23. The van der Waals surface area contributed by atoms with Crippen LogP contribution in [0.1, 0.15) is 31.9 Å². The number of hydrogen-bond donors (Lipinski definition) is 2. The summed E-state index contributed by atoms with van der Waals surface area (Å²) < 4.78 is 0. The van der Waals surface area contributed by atoms with Crippen molar-refractivity contribution >= 4 is 11.8 Å². The highest BCUT2D eigenvalue weighted by molar-refractivity contribution is 7.99. The van der Waals surface area contributed by atoms with Gasteiger partial charge in [0.2, 0.25) is 0 Å². The fourth-order valence-corrected chi connectivity index (χ4v) is 2.05. The summed E-state index contributed by atoms with van der Waals surface area (Å²) in [5.74, 6) is 0. The van der Waals surface area contributed by atoms with Gasteiger partial charge in [0.05, 0.1) is 11.1 Å². The van der Waals surface area contributed by atoms with E-state index in [0.29, 0.717) is 5.25 Å². The standard InChI is InChI=1S/C11H17NO2S/c1-8(5-6-13)15-11-4-3-10(7-12-11)9(2)14/h3-4,7-9,13-14H,5-6H2,1-2H3/t8?,9-/m1/s1. The van der Waals surface area contributed by atoms with E-state index in [4.69, 9.17) is 5.11 Å². The number of nitrogens with zero attached hydrogens (tertiary/aromatic N) is 1. The minimum absolute atomic E-state index is 0.208. The molecule has 1 unspecified atom stereocenters. The third-order valence-corrected chi connectivity index (χ3v) is 3.22. The summed E-state index contributed by atoms with van der Waals surface area (Å²) in [6.45, 7) is 3.99. The number of aliphatic hydroxyl groups is 2. The molecule has 0 aromatic carbocycles. The zero-order chi connectivity index (χ0) is 11.3. The smallest absolute Gasteiger partial charge is 0.0962 e. The second-order valence-electron chi connectivity index (χ2n) is 3.55. The first kappa shape index (κ1) is 12.5. The van der Waals surface area contributed by atoms with Crippen molar-refractivity contribution in [2.45, 2.75) is 36.6 Å². The van der Waals surface area contributed by atoms with Crippen molar-refractivity contribution in [1.29, 1.82) is 0 Å². The van der Waals surface area contributed by atoms with Gasteiger partial charge < -0.3 is 10.2 Å². The number of thioether (sulfide) groups is 1. The number of pyridine rings is 1. The molecule has 0 saturated carbocycles. The van der Waals surface area contributed by atoms with E-state index in [1.807, 2.05) is 12.1 Å². The van der Waals surface area contributed by atoms with Crippen LogP contribution in [0, 0.1) is 0 Å². The normalized spacial score (nSPS) is 14.9. The Hall–Kier alpha value is -0.580. The van der Waals surface area contributed by atoms with E-state index in [1.54, 1.807) is 24.9 Å². The van der Waals surface area contributed by atoms with Gasteiger partial charge >= 0.3 is 0 Å². The molecule has 2 atom stereocenters. The molecule has 1 aromatic rings. The van der Waals surface area contributed by atoms with Gasteiger partial charge in [-0.3, -0.25) is 0 Å². The van der Waals surface area contributed by atoms with Gasteiger partial charge in [-0.05, 0) is 25.0 Å². The van der Waals surface area contributed by atoms with Crippen molar-refractivity contribution in [3.8, 4) is 0 Å². The second kappa shape index (κ2) is 6.10. The Bertz CT molecular complexity index is 287. The Balaban J connectivity index is 2.56. The number of aliphatic hydroxyl groups excluding tert-OH is 2. The third kappa shape index (κ3) is 4.20. The third-order valence-electron chi connectivity index (χ3n) is 2.10. The van der Waals surface area contributed by atoms with E-state index in [9.17, 15) is 5.11 Å². The summed E-state index contributed by atoms with van der Waals surface area (Å²) in [5.41, 5.74) is 0.828. The van der Waals surface area contributed by atoms with Crippen LogP contribution in [0.5, 0.6) is 0 Å². The maximum atomic E-state index is 9.30. The second-order valence-corrected chi connectivity index (χ2v) is 5.01. The van der Waals surface area contributed by atoms with Crippen LogP contribution < -0.4 is 0 Å². The molecule has 0 radical (unpaired) electrons. The minimum Gasteiger partial charge on any atom is -0.396 e. The van der Waals surface area contributed by atoms with Crippen molar-refractivity contribution in [1.82, 2.24) is 4.98 Å². The van der Waals surface area contributed by atoms with E-state index >= 15 is 0 Å². The number of aromatic nitrogens is 1. The van der Waals surface area contributed by atoms with Crippen molar-refractivity contribution in [3.05, 3.63) is 23.9 Å². The van der Waals surface area contributed by atoms with Crippen LogP contribution in [0.15, 0.2) is 23.4 Å². The Morgan fingerprint density at radius 2 is 2.13 bits per heavy atom. The van der Waals surface area contributed by atoms with Gasteiger partial charge in [0, 0.05) is 18.1 Å². The molecule has 0 fully saturated rings. The molecule has 1 rings (SSSR count). The summed E-state index contributed by atoms with van der Waals surface area (Å²) in [5, 5.41) is 19.4. The highest BCUT2D eigenvalue weighted by atomic mass is 32.2. The molecule has 0 amide bonds. The summed E-state index contributed by atoms with van der Waals surface area (Å²) in [6.07, 6.45) is 2.00. The van der Waals surface area contributed by atoms with Crippen LogP contribution >= 0.6 is 11.8 Å². The SMILES string of the molecule is CC(CCO)Sc1ccc([C@@H](C)O)cn1. The molecule has 2 N–H and O–H groups in total. The molecule has 0 aliphatic carbocycles. The molecule has 0 spiro atoms. The summed E-state index contributed by atoms with van der Waals surface area (Å²) in [6, 6.07) is 3.78. The molecule has 84 valence electrons. The van der Waals surface area contributed by atoms with Crippen molar-refractivity contribution in [2.75, 3.05) is 6.61 Å². The molecular formula is C11H17NO2S. The highest BCUT2D eigenvalue weighted by Gasteiger charge is 2.06. The van der Waals surface area contributed by atoms with Crippen LogP contribution in [-0.2, 0) is 0 Å². The largest absolute Gasteiger partial charge is 0.396 e. The molecule has 0 saturated heterocycles. The Morgan fingerprint density at radius 1 is 1.40 bits per heavy atom. The Labute approximate surface area is 94.6 Å². The average Bonchev–Trinajstić information content (AvgIpc) is 2.18. The lowest BCUT2D eigenvalue weighted by Gasteiger charge is -2.09. The van der Waals surface area contributed by atoms with Gasteiger partial charge in [-0.15, -0.1) is 11.8 Å². The summed E-state index contributed by atoms with van der Waals surface area (Å²) in [4.78, 5) is 4.24.